The summed E-state index contributed by atoms with van der Waals surface area (Å²) in [6, 6.07) is -0.599. The van der Waals surface area contributed by atoms with E-state index in [0.717, 1.165) is 0 Å². The zero-order chi connectivity index (χ0) is 15.7. The molecule has 1 aromatic heterocycles. The van der Waals surface area contributed by atoms with Crippen molar-refractivity contribution in [1.82, 2.24) is 20.8 Å². The number of unbranched alkanes of at least 4 members (excludes halogenated alkanes) is 1. The Bertz CT molecular complexity index is 500. The molecule has 0 aliphatic rings. The zero-order valence-electron chi connectivity index (χ0n) is 11.7. The third-order valence-electron chi connectivity index (χ3n) is 2.50. The van der Waals surface area contributed by atoms with Gasteiger partial charge in [0.2, 0.25) is 11.8 Å². The minimum atomic E-state index is -0.898. The first-order chi connectivity index (χ1) is 9.97. The van der Waals surface area contributed by atoms with Crippen molar-refractivity contribution in [3.05, 3.63) is 11.7 Å². The van der Waals surface area contributed by atoms with Gasteiger partial charge in [0.05, 0.1) is 0 Å². The number of amides is 3. The van der Waals surface area contributed by atoms with Crippen molar-refractivity contribution in [2.45, 2.75) is 39.0 Å². The number of aromatic nitrogens is 2. The van der Waals surface area contributed by atoms with Gasteiger partial charge in [-0.3, -0.25) is 14.9 Å². The number of carboxylic acids is 1. The standard InChI is InChI=1S/C12H18N4O5/c1-8-14-9(16-21-8)6-7-13-12(20)15-10(17)4-2-3-5-11(18)19/h2-7H2,1H3,(H,18,19)(H2,13,15,17,20). The number of imide groups is 1. The average Bonchev–Trinajstić information content (AvgIpc) is 2.80. The van der Waals surface area contributed by atoms with Crippen LogP contribution in [0.3, 0.4) is 0 Å². The normalized spacial score (nSPS) is 10.1. The van der Waals surface area contributed by atoms with Gasteiger partial charge in [-0.05, 0) is 12.8 Å². The summed E-state index contributed by atoms with van der Waals surface area (Å²) in [5.74, 6) is -0.406. The second-order valence-electron chi connectivity index (χ2n) is 4.38. The molecule has 0 saturated carbocycles. The molecule has 0 saturated heterocycles. The molecule has 3 N–H and O–H groups in total. The number of aliphatic carboxylic acids is 1. The summed E-state index contributed by atoms with van der Waals surface area (Å²) in [7, 11) is 0. The van der Waals surface area contributed by atoms with Gasteiger partial charge >= 0.3 is 12.0 Å². The number of carboxylic acid groups (broad SMARTS) is 1. The maximum Gasteiger partial charge on any atom is 0.321 e. The Kier molecular flexibility index (Phi) is 6.85. The molecule has 0 radical (unpaired) electrons. The summed E-state index contributed by atoms with van der Waals surface area (Å²) in [5.41, 5.74) is 0. The fourth-order valence-electron chi connectivity index (χ4n) is 1.53. The Morgan fingerprint density at radius 3 is 2.57 bits per heavy atom. The average molecular weight is 298 g/mol. The Morgan fingerprint density at radius 1 is 1.24 bits per heavy atom. The predicted molar refractivity (Wildman–Crippen MR) is 70.4 cm³/mol. The van der Waals surface area contributed by atoms with Crippen LogP contribution in [0.25, 0.3) is 0 Å². The number of hydrogen-bond acceptors (Lipinski definition) is 6. The summed E-state index contributed by atoms with van der Waals surface area (Å²) in [6.07, 6.45) is 1.36. The number of carbonyl (C=O) groups is 3. The number of nitrogens with zero attached hydrogens (tertiary/aromatic N) is 2. The molecule has 1 heterocycles. The Hall–Kier alpha value is -2.45. The molecule has 116 valence electrons. The van der Waals surface area contributed by atoms with Gasteiger partial charge in [0, 0.05) is 32.7 Å². The van der Waals surface area contributed by atoms with Gasteiger partial charge < -0.3 is 14.9 Å². The van der Waals surface area contributed by atoms with Crippen molar-refractivity contribution in [2.75, 3.05) is 6.54 Å². The van der Waals surface area contributed by atoms with E-state index >= 15 is 0 Å². The highest BCUT2D eigenvalue weighted by Crippen LogP contribution is 1.99. The van der Waals surface area contributed by atoms with E-state index in [1.165, 1.54) is 0 Å². The fourth-order valence-corrected chi connectivity index (χ4v) is 1.53. The molecule has 9 heteroatoms. The molecule has 0 aliphatic carbocycles. The minimum Gasteiger partial charge on any atom is -0.481 e. The quantitative estimate of drug-likeness (QED) is 0.591. The van der Waals surface area contributed by atoms with Crippen LogP contribution in [0.2, 0.25) is 0 Å². The lowest BCUT2D eigenvalue weighted by Gasteiger charge is -2.05. The van der Waals surface area contributed by atoms with Gasteiger partial charge in [-0.15, -0.1) is 0 Å². The Morgan fingerprint density at radius 2 is 1.95 bits per heavy atom. The fraction of sp³-hybridized carbons (Fsp3) is 0.583. The van der Waals surface area contributed by atoms with Crippen molar-refractivity contribution >= 4 is 17.9 Å². The van der Waals surface area contributed by atoms with Gasteiger partial charge in [-0.25, -0.2) is 4.79 Å². The summed E-state index contributed by atoms with van der Waals surface area (Å²) in [5, 5.41) is 16.8. The van der Waals surface area contributed by atoms with Crippen molar-refractivity contribution in [1.29, 1.82) is 0 Å². The predicted octanol–water partition coefficient (Wildman–Crippen LogP) is 0.391. The second-order valence-corrected chi connectivity index (χ2v) is 4.38. The van der Waals surface area contributed by atoms with Gasteiger partial charge in [0.1, 0.15) is 0 Å². The lowest BCUT2D eigenvalue weighted by Crippen LogP contribution is -2.40. The molecule has 0 bridgehead atoms. The van der Waals surface area contributed by atoms with Crippen molar-refractivity contribution in [2.24, 2.45) is 0 Å². The molecule has 9 nitrogen and oxygen atoms in total. The minimum absolute atomic E-state index is 0.0175. The van der Waals surface area contributed by atoms with E-state index in [-0.39, 0.29) is 19.4 Å². The Balaban J connectivity index is 2.09. The first-order valence-corrected chi connectivity index (χ1v) is 6.56. The molecule has 0 spiro atoms. The third kappa shape index (κ3) is 7.65. The topological polar surface area (TPSA) is 134 Å². The van der Waals surface area contributed by atoms with E-state index in [1.807, 2.05) is 0 Å². The number of nitrogens with one attached hydrogen (secondary N) is 2. The van der Waals surface area contributed by atoms with Crippen LogP contribution in [0.1, 0.15) is 37.4 Å². The van der Waals surface area contributed by atoms with E-state index in [2.05, 4.69) is 20.8 Å². The highest BCUT2D eigenvalue weighted by atomic mass is 16.5. The number of carbonyl (C=O) groups excluding carboxylic acids is 2. The van der Waals surface area contributed by atoms with E-state index in [4.69, 9.17) is 9.63 Å². The van der Waals surface area contributed by atoms with Crippen LogP contribution in [-0.2, 0) is 16.0 Å². The first kappa shape index (κ1) is 16.6. The van der Waals surface area contributed by atoms with Crippen LogP contribution in [0.5, 0.6) is 0 Å². The van der Waals surface area contributed by atoms with E-state index in [1.54, 1.807) is 6.92 Å². The van der Waals surface area contributed by atoms with E-state index in [0.29, 0.717) is 31.0 Å². The highest BCUT2D eigenvalue weighted by Gasteiger charge is 2.08. The monoisotopic (exact) mass is 298 g/mol. The lowest BCUT2D eigenvalue weighted by molar-refractivity contribution is -0.137. The van der Waals surface area contributed by atoms with Crippen LogP contribution < -0.4 is 10.6 Å². The number of rotatable bonds is 8. The number of hydrogen-bond donors (Lipinski definition) is 3. The van der Waals surface area contributed by atoms with Gasteiger partial charge in [-0.1, -0.05) is 5.16 Å². The van der Waals surface area contributed by atoms with Crippen LogP contribution in [0.15, 0.2) is 4.52 Å². The Labute approximate surface area is 121 Å². The third-order valence-corrected chi connectivity index (χ3v) is 2.50. The maximum absolute atomic E-state index is 11.4. The second kappa shape index (κ2) is 8.67. The van der Waals surface area contributed by atoms with Crippen LogP contribution in [0, 0.1) is 6.92 Å². The molecule has 21 heavy (non-hydrogen) atoms. The lowest BCUT2D eigenvalue weighted by atomic mass is 10.2. The first-order valence-electron chi connectivity index (χ1n) is 6.56. The van der Waals surface area contributed by atoms with Crippen LogP contribution in [-0.4, -0.2) is 39.7 Å². The molecular weight excluding hydrogens is 280 g/mol. The molecule has 0 unspecified atom stereocenters. The molecule has 0 aliphatic heterocycles. The summed E-state index contributed by atoms with van der Waals surface area (Å²) in [6.45, 7) is 1.94. The van der Waals surface area contributed by atoms with Gasteiger partial charge in [0.25, 0.3) is 0 Å². The molecule has 3 amide bonds. The van der Waals surface area contributed by atoms with E-state index in [9.17, 15) is 14.4 Å². The highest BCUT2D eigenvalue weighted by molar-refractivity contribution is 5.94. The van der Waals surface area contributed by atoms with Crippen molar-refractivity contribution in [3.63, 3.8) is 0 Å². The summed E-state index contributed by atoms with van der Waals surface area (Å²) in [4.78, 5) is 37.0. The maximum atomic E-state index is 11.4. The molecule has 1 aromatic rings. The smallest absolute Gasteiger partial charge is 0.321 e. The van der Waals surface area contributed by atoms with Crippen LogP contribution in [0.4, 0.5) is 4.79 Å². The van der Waals surface area contributed by atoms with Crippen LogP contribution >= 0.6 is 0 Å². The number of aryl methyl sites for hydroxylation is 1. The molecule has 0 aromatic carbocycles. The summed E-state index contributed by atoms with van der Waals surface area (Å²) < 4.78 is 4.77. The summed E-state index contributed by atoms with van der Waals surface area (Å²) >= 11 is 0. The van der Waals surface area contributed by atoms with Gasteiger partial charge in [-0.2, -0.15) is 4.98 Å². The number of urea groups is 1. The SMILES string of the molecule is Cc1nc(CCNC(=O)NC(=O)CCCCC(=O)O)no1. The molecule has 0 fully saturated rings. The molecule has 1 rings (SSSR count). The molecule has 0 atom stereocenters. The van der Waals surface area contributed by atoms with E-state index < -0.39 is 17.9 Å². The van der Waals surface area contributed by atoms with Crippen molar-refractivity contribution < 1.29 is 24.0 Å². The zero-order valence-corrected chi connectivity index (χ0v) is 11.7. The van der Waals surface area contributed by atoms with Crippen molar-refractivity contribution in [3.8, 4) is 0 Å². The largest absolute Gasteiger partial charge is 0.481 e. The van der Waals surface area contributed by atoms with Gasteiger partial charge in [0.15, 0.2) is 5.82 Å². The molecular formula is C12H18N4O5.